The van der Waals surface area contributed by atoms with Crippen LogP contribution >= 0.6 is 11.6 Å². The van der Waals surface area contributed by atoms with Crippen molar-refractivity contribution in [3.8, 4) is 0 Å². The van der Waals surface area contributed by atoms with Crippen molar-refractivity contribution in [1.29, 1.82) is 0 Å². The molecule has 0 aromatic heterocycles. The standard InChI is InChI=1S/C29H49ClO/c1-20(2)8-6-9-21(3)10-7-11-25-22(4)12-15-27-26(25)14-13-24-18-23(19-28(30)31)16-17-29(24,27)5/h13,20-23,25-27H,6-12,14-19H2,1-5H3/t21-,22-,23?,25?,26+,27?,29+/m1/s1. The van der Waals surface area contributed by atoms with Crippen LogP contribution < -0.4 is 0 Å². The van der Waals surface area contributed by atoms with E-state index < -0.39 is 0 Å². The maximum Gasteiger partial charge on any atom is 0.221 e. The second-order valence-electron chi connectivity index (χ2n) is 12.4. The molecule has 3 rings (SSSR count). The van der Waals surface area contributed by atoms with E-state index in [0.717, 1.165) is 41.9 Å². The Morgan fingerprint density at radius 3 is 2.58 bits per heavy atom. The lowest BCUT2D eigenvalue weighted by molar-refractivity contribution is -0.112. The molecular formula is C29H49ClO. The highest BCUT2D eigenvalue weighted by molar-refractivity contribution is 6.63. The third kappa shape index (κ3) is 6.39. The minimum absolute atomic E-state index is 0.145. The van der Waals surface area contributed by atoms with Crippen LogP contribution in [-0.4, -0.2) is 5.24 Å². The zero-order valence-corrected chi connectivity index (χ0v) is 21.9. The normalized spacial score (nSPS) is 36.5. The molecule has 0 saturated heterocycles. The minimum atomic E-state index is -0.145. The summed E-state index contributed by atoms with van der Waals surface area (Å²) >= 11 is 5.72. The number of fused-ring (bicyclic) bond motifs is 3. The Labute approximate surface area is 198 Å². The molecule has 3 unspecified atom stereocenters. The van der Waals surface area contributed by atoms with Crippen molar-refractivity contribution >= 4 is 16.8 Å². The molecule has 3 aliphatic rings. The van der Waals surface area contributed by atoms with E-state index in [2.05, 4.69) is 40.7 Å². The maximum atomic E-state index is 11.4. The second-order valence-corrected chi connectivity index (χ2v) is 12.8. The van der Waals surface area contributed by atoms with Gasteiger partial charge in [-0.15, -0.1) is 0 Å². The van der Waals surface area contributed by atoms with Crippen LogP contribution in [0.2, 0.25) is 0 Å². The van der Waals surface area contributed by atoms with Crippen LogP contribution in [0.1, 0.15) is 118 Å². The summed E-state index contributed by atoms with van der Waals surface area (Å²) in [5, 5.41) is -0.145. The predicted octanol–water partition coefficient (Wildman–Crippen LogP) is 9.19. The van der Waals surface area contributed by atoms with Crippen molar-refractivity contribution in [2.45, 2.75) is 118 Å². The van der Waals surface area contributed by atoms with Crippen molar-refractivity contribution in [2.75, 3.05) is 0 Å². The zero-order valence-electron chi connectivity index (χ0n) is 21.1. The van der Waals surface area contributed by atoms with E-state index in [1.54, 1.807) is 5.57 Å². The highest BCUT2D eigenvalue weighted by Crippen LogP contribution is 2.60. The Kier molecular flexibility index (Phi) is 9.16. The van der Waals surface area contributed by atoms with Gasteiger partial charge in [-0.05, 0) is 97.0 Å². The van der Waals surface area contributed by atoms with Gasteiger partial charge in [-0.1, -0.05) is 84.8 Å². The van der Waals surface area contributed by atoms with Gasteiger partial charge in [0.1, 0.15) is 0 Å². The Morgan fingerprint density at radius 2 is 1.87 bits per heavy atom. The summed E-state index contributed by atoms with van der Waals surface area (Å²) in [6.45, 7) is 12.3. The monoisotopic (exact) mass is 448 g/mol. The van der Waals surface area contributed by atoms with E-state index in [1.165, 1.54) is 70.6 Å². The minimum Gasteiger partial charge on any atom is -0.281 e. The Hall–Kier alpha value is -0.300. The van der Waals surface area contributed by atoms with Gasteiger partial charge in [0, 0.05) is 6.42 Å². The van der Waals surface area contributed by atoms with Crippen molar-refractivity contribution in [3.63, 3.8) is 0 Å². The molecular weight excluding hydrogens is 400 g/mol. The van der Waals surface area contributed by atoms with Gasteiger partial charge in [-0.25, -0.2) is 0 Å². The van der Waals surface area contributed by atoms with Gasteiger partial charge in [0.2, 0.25) is 5.24 Å². The van der Waals surface area contributed by atoms with E-state index in [1.807, 2.05) is 0 Å². The number of hydrogen-bond donors (Lipinski definition) is 0. The van der Waals surface area contributed by atoms with Crippen LogP contribution in [0.15, 0.2) is 11.6 Å². The highest BCUT2D eigenvalue weighted by atomic mass is 35.5. The molecule has 0 aromatic carbocycles. The molecule has 7 atom stereocenters. The van der Waals surface area contributed by atoms with E-state index in [0.29, 0.717) is 17.8 Å². The van der Waals surface area contributed by atoms with Crippen molar-refractivity contribution in [3.05, 3.63) is 11.6 Å². The van der Waals surface area contributed by atoms with Crippen LogP contribution in [0.4, 0.5) is 0 Å². The third-order valence-corrected chi connectivity index (χ3v) is 9.82. The quantitative estimate of drug-likeness (QED) is 0.240. The SMILES string of the molecule is CC(C)CCC[C@@H](C)CCCC1[C@@H]2CC=C3CC(CC(=O)Cl)CC[C@]3(C)C2CC[C@H]1C. The fourth-order valence-electron chi connectivity index (χ4n) is 7.67. The molecule has 0 N–H and O–H groups in total. The first-order chi connectivity index (χ1) is 14.7. The molecule has 2 saturated carbocycles. The van der Waals surface area contributed by atoms with Gasteiger partial charge in [0.05, 0.1) is 0 Å². The second kappa shape index (κ2) is 11.2. The van der Waals surface area contributed by atoms with Gasteiger partial charge < -0.3 is 0 Å². The van der Waals surface area contributed by atoms with Crippen molar-refractivity contribution in [2.24, 2.45) is 46.8 Å². The van der Waals surface area contributed by atoms with Crippen LogP contribution in [0.3, 0.4) is 0 Å². The van der Waals surface area contributed by atoms with E-state index in [4.69, 9.17) is 11.6 Å². The Bertz CT molecular complexity index is 622. The molecule has 0 bridgehead atoms. The van der Waals surface area contributed by atoms with Gasteiger partial charge >= 0.3 is 0 Å². The fourth-order valence-corrected chi connectivity index (χ4v) is 7.89. The smallest absolute Gasteiger partial charge is 0.221 e. The first kappa shape index (κ1) is 25.3. The van der Waals surface area contributed by atoms with Crippen LogP contribution in [-0.2, 0) is 4.79 Å². The number of allylic oxidation sites excluding steroid dienone is 2. The zero-order chi connectivity index (χ0) is 22.6. The Balaban J connectivity index is 1.57. The number of carbonyl (C=O) groups is 1. The molecule has 0 heterocycles. The van der Waals surface area contributed by atoms with Gasteiger partial charge in [0.25, 0.3) is 0 Å². The molecule has 0 radical (unpaired) electrons. The van der Waals surface area contributed by atoms with E-state index >= 15 is 0 Å². The molecule has 1 nitrogen and oxygen atoms in total. The molecule has 178 valence electrons. The number of carbonyl (C=O) groups excluding carboxylic acids is 1. The summed E-state index contributed by atoms with van der Waals surface area (Å²) in [6, 6.07) is 0. The summed E-state index contributed by atoms with van der Waals surface area (Å²) in [4.78, 5) is 11.4. The van der Waals surface area contributed by atoms with Crippen molar-refractivity contribution in [1.82, 2.24) is 0 Å². The average Bonchev–Trinajstić information content (AvgIpc) is 2.69. The summed E-state index contributed by atoms with van der Waals surface area (Å²) in [5.74, 6) is 5.79. The highest BCUT2D eigenvalue weighted by Gasteiger charge is 2.50. The lowest BCUT2D eigenvalue weighted by Crippen LogP contribution is -2.47. The first-order valence-electron chi connectivity index (χ1n) is 13.6. The molecule has 2 heteroatoms. The largest absolute Gasteiger partial charge is 0.281 e. The first-order valence-corrected chi connectivity index (χ1v) is 14.0. The number of rotatable bonds is 10. The number of halogens is 1. The van der Waals surface area contributed by atoms with Crippen molar-refractivity contribution < 1.29 is 4.79 Å². The average molecular weight is 449 g/mol. The van der Waals surface area contributed by atoms with E-state index in [9.17, 15) is 4.79 Å². The summed E-state index contributed by atoms with van der Waals surface area (Å²) in [6.07, 6.45) is 19.4. The molecule has 31 heavy (non-hydrogen) atoms. The third-order valence-electron chi connectivity index (χ3n) is 9.66. The predicted molar refractivity (Wildman–Crippen MR) is 134 cm³/mol. The van der Waals surface area contributed by atoms with Gasteiger partial charge in [0.15, 0.2) is 0 Å². The van der Waals surface area contributed by atoms with Gasteiger partial charge in [-0.3, -0.25) is 4.79 Å². The summed E-state index contributed by atoms with van der Waals surface area (Å²) < 4.78 is 0. The summed E-state index contributed by atoms with van der Waals surface area (Å²) in [5.41, 5.74) is 2.06. The maximum absolute atomic E-state index is 11.4. The van der Waals surface area contributed by atoms with Crippen LogP contribution in [0.5, 0.6) is 0 Å². The van der Waals surface area contributed by atoms with Gasteiger partial charge in [-0.2, -0.15) is 0 Å². The number of hydrogen-bond acceptors (Lipinski definition) is 1. The summed E-state index contributed by atoms with van der Waals surface area (Å²) in [7, 11) is 0. The molecule has 0 spiro atoms. The lowest BCUT2D eigenvalue weighted by Gasteiger charge is -2.56. The molecule has 0 aromatic rings. The van der Waals surface area contributed by atoms with E-state index in [-0.39, 0.29) is 5.24 Å². The molecule has 0 amide bonds. The lowest BCUT2D eigenvalue weighted by atomic mass is 9.49. The topological polar surface area (TPSA) is 17.1 Å². The molecule has 0 aliphatic heterocycles. The molecule has 3 aliphatic carbocycles. The Morgan fingerprint density at radius 1 is 1.13 bits per heavy atom. The van der Waals surface area contributed by atoms with Crippen LogP contribution in [0, 0.1) is 46.8 Å². The van der Waals surface area contributed by atoms with Crippen LogP contribution in [0.25, 0.3) is 0 Å². The molecule has 2 fully saturated rings. The fraction of sp³-hybridized carbons (Fsp3) is 0.897.